The number of carbonyl (C=O) groups is 1. The highest BCUT2D eigenvalue weighted by molar-refractivity contribution is 5.91. The van der Waals surface area contributed by atoms with Crippen molar-refractivity contribution < 1.29 is 9.18 Å². The van der Waals surface area contributed by atoms with Crippen molar-refractivity contribution in [2.45, 2.75) is 20.4 Å². The maximum atomic E-state index is 13.3. The van der Waals surface area contributed by atoms with Gasteiger partial charge in [-0.15, -0.1) is 5.10 Å². The lowest BCUT2D eigenvalue weighted by Crippen LogP contribution is -2.23. The molecule has 3 rings (SSSR count). The van der Waals surface area contributed by atoms with E-state index in [0.717, 1.165) is 5.56 Å². The first-order valence-corrected chi connectivity index (χ1v) is 7.55. The van der Waals surface area contributed by atoms with E-state index in [9.17, 15) is 9.18 Å². The summed E-state index contributed by atoms with van der Waals surface area (Å²) in [5.74, 6) is -0.587. The van der Waals surface area contributed by atoms with Crippen LogP contribution in [0.25, 0.3) is 5.69 Å². The van der Waals surface area contributed by atoms with Crippen LogP contribution in [0, 0.1) is 19.7 Å². The normalized spacial score (nSPS) is 10.6. The minimum Gasteiger partial charge on any atom is -0.347 e. The monoisotopic (exact) mass is 324 g/mol. The molecular formula is C18H17FN4O. The van der Waals surface area contributed by atoms with Crippen LogP contribution in [0.5, 0.6) is 0 Å². The van der Waals surface area contributed by atoms with Gasteiger partial charge in [-0.1, -0.05) is 35.0 Å². The van der Waals surface area contributed by atoms with Crippen LogP contribution in [-0.4, -0.2) is 20.9 Å². The van der Waals surface area contributed by atoms with Gasteiger partial charge >= 0.3 is 0 Å². The van der Waals surface area contributed by atoms with Crippen molar-refractivity contribution >= 4 is 5.91 Å². The molecule has 0 saturated heterocycles. The fourth-order valence-electron chi connectivity index (χ4n) is 2.24. The molecule has 1 aromatic heterocycles. The molecule has 5 nitrogen and oxygen atoms in total. The number of aromatic nitrogens is 3. The fourth-order valence-corrected chi connectivity index (χ4v) is 2.24. The molecule has 0 radical (unpaired) electrons. The SMILES string of the molecule is Cc1ccc(CNC(=O)c2cn(-c3ccc(F)c(C)c3)nn2)cc1. The molecule has 0 spiro atoms. The van der Waals surface area contributed by atoms with Gasteiger partial charge in [0.15, 0.2) is 5.69 Å². The van der Waals surface area contributed by atoms with E-state index >= 15 is 0 Å². The van der Waals surface area contributed by atoms with E-state index in [-0.39, 0.29) is 17.4 Å². The van der Waals surface area contributed by atoms with E-state index in [1.807, 2.05) is 31.2 Å². The third-order valence-corrected chi connectivity index (χ3v) is 3.71. The standard InChI is InChI=1S/C18H17FN4O/c1-12-3-5-14(6-4-12)10-20-18(24)17-11-23(22-21-17)15-7-8-16(19)13(2)9-15/h3-9,11H,10H2,1-2H3,(H,20,24). The van der Waals surface area contributed by atoms with Crippen LogP contribution in [0.4, 0.5) is 4.39 Å². The number of nitrogens with zero attached hydrogens (tertiary/aromatic N) is 3. The van der Waals surface area contributed by atoms with E-state index in [1.165, 1.54) is 22.5 Å². The fraction of sp³-hybridized carbons (Fsp3) is 0.167. The molecule has 0 aliphatic rings. The van der Waals surface area contributed by atoms with Crippen LogP contribution in [0.3, 0.4) is 0 Å². The van der Waals surface area contributed by atoms with Gasteiger partial charge in [0.25, 0.3) is 5.91 Å². The van der Waals surface area contributed by atoms with E-state index in [4.69, 9.17) is 0 Å². The van der Waals surface area contributed by atoms with Crippen molar-refractivity contribution in [1.29, 1.82) is 0 Å². The predicted octanol–water partition coefficient (Wildman–Crippen LogP) is 2.95. The summed E-state index contributed by atoms with van der Waals surface area (Å²) in [6, 6.07) is 12.5. The van der Waals surface area contributed by atoms with Crippen molar-refractivity contribution in [1.82, 2.24) is 20.3 Å². The zero-order valence-electron chi connectivity index (χ0n) is 13.5. The van der Waals surface area contributed by atoms with Crippen molar-refractivity contribution in [3.63, 3.8) is 0 Å². The van der Waals surface area contributed by atoms with Gasteiger partial charge in [0, 0.05) is 6.54 Å². The highest BCUT2D eigenvalue weighted by Gasteiger charge is 2.12. The molecule has 0 atom stereocenters. The molecule has 1 heterocycles. The number of carbonyl (C=O) groups excluding carboxylic acids is 1. The maximum absolute atomic E-state index is 13.3. The number of aryl methyl sites for hydroxylation is 2. The molecule has 0 bridgehead atoms. The second kappa shape index (κ2) is 6.62. The average molecular weight is 324 g/mol. The first-order valence-electron chi connectivity index (χ1n) is 7.55. The third-order valence-electron chi connectivity index (χ3n) is 3.71. The van der Waals surface area contributed by atoms with Crippen molar-refractivity contribution in [2.75, 3.05) is 0 Å². The lowest BCUT2D eigenvalue weighted by molar-refractivity contribution is 0.0946. The molecule has 3 aromatic rings. The van der Waals surface area contributed by atoms with E-state index in [2.05, 4.69) is 15.6 Å². The van der Waals surface area contributed by atoms with E-state index in [1.54, 1.807) is 19.1 Å². The zero-order valence-corrected chi connectivity index (χ0v) is 13.5. The summed E-state index contributed by atoms with van der Waals surface area (Å²) in [4.78, 5) is 12.2. The van der Waals surface area contributed by atoms with Crippen molar-refractivity contribution in [3.8, 4) is 5.69 Å². The number of nitrogens with one attached hydrogen (secondary N) is 1. The van der Waals surface area contributed by atoms with Crippen LogP contribution >= 0.6 is 0 Å². The Morgan fingerprint density at radius 3 is 2.62 bits per heavy atom. The summed E-state index contributed by atoms with van der Waals surface area (Å²) >= 11 is 0. The Bertz CT molecular complexity index is 871. The average Bonchev–Trinajstić information content (AvgIpc) is 3.07. The summed E-state index contributed by atoms with van der Waals surface area (Å²) < 4.78 is 14.8. The number of amides is 1. The number of hydrogen-bond acceptors (Lipinski definition) is 3. The maximum Gasteiger partial charge on any atom is 0.273 e. The Balaban J connectivity index is 1.69. The summed E-state index contributed by atoms with van der Waals surface area (Å²) in [6.45, 7) is 4.10. The second-order valence-corrected chi connectivity index (χ2v) is 5.65. The molecule has 0 fully saturated rings. The van der Waals surface area contributed by atoms with Gasteiger partial charge in [-0.2, -0.15) is 0 Å². The largest absolute Gasteiger partial charge is 0.347 e. The number of halogens is 1. The van der Waals surface area contributed by atoms with Crippen LogP contribution in [0.2, 0.25) is 0 Å². The molecule has 0 aliphatic heterocycles. The van der Waals surface area contributed by atoms with Crippen LogP contribution in [0.1, 0.15) is 27.2 Å². The van der Waals surface area contributed by atoms with Gasteiger partial charge in [0.05, 0.1) is 11.9 Å². The van der Waals surface area contributed by atoms with Gasteiger partial charge < -0.3 is 5.32 Å². The first-order chi connectivity index (χ1) is 11.5. The Morgan fingerprint density at radius 1 is 1.17 bits per heavy atom. The Morgan fingerprint density at radius 2 is 1.92 bits per heavy atom. The van der Waals surface area contributed by atoms with Gasteiger partial charge in [0.2, 0.25) is 0 Å². The lowest BCUT2D eigenvalue weighted by atomic mass is 10.1. The minimum absolute atomic E-state index is 0.212. The Kier molecular flexibility index (Phi) is 4.37. The Labute approximate surface area is 139 Å². The molecule has 122 valence electrons. The first kappa shape index (κ1) is 15.9. The van der Waals surface area contributed by atoms with E-state index in [0.29, 0.717) is 17.8 Å². The van der Waals surface area contributed by atoms with Crippen LogP contribution < -0.4 is 5.32 Å². The molecule has 2 aromatic carbocycles. The number of benzene rings is 2. The highest BCUT2D eigenvalue weighted by atomic mass is 19.1. The van der Waals surface area contributed by atoms with Gasteiger partial charge in [-0.25, -0.2) is 9.07 Å². The van der Waals surface area contributed by atoms with Gasteiger partial charge in [-0.05, 0) is 43.2 Å². The van der Waals surface area contributed by atoms with Gasteiger partial charge in [-0.3, -0.25) is 4.79 Å². The predicted molar refractivity (Wildman–Crippen MR) is 88.4 cm³/mol. The topological polar surface area (TPSA) is 59.8 Å². The zero-order chi connectivity index (χ0) is 17.1. The van der Waals surface area contributed by atoms with Gasteiger partial charge in [0.1, 0.15) is 5.82 Å². The smallest absolute Gasteiger partial charge is 0.273 e. The summed E-state index contributed by atoms with van der Waals surface area (Å²) in [7, 11) is 0. The molecule has 0 aliphatic carbocycles. The van der Waals surface area contributed by atoms with Crippen LogP contribution in [-0.2, 0) is 6.54 Å². The summed E-state index contributed by atoms with van der Waals surface area (Å²) in [6.07, 6.45) is 1.52. The molecule has 24 heavy (non-hydrogen) atoms. The molecule has 1 N–H and O–H groups in total. The molecular weight excluding hydrogens is 307 g/mol. The summed E-state index contributed by atoms with van der Waals surface area (Å²) in [5.41, 5.74) is 3.55. The van der Waals surface area contributed by atoms with Crippen LogP contribution in [0.15, 0.2) is 48.7 Å². The molecule has 0 saturated carbocycles. The highest BCUT2D eigenvalue weighted by Crippen LogP contribution is 2.13. The second-order valence-electron chi connectivity index (χ2n) is 5.65. The number of rotatable bonds is 4. The van der Waals surface area contributed by atoms with Crippen molar-refractivity contribution in [2.24, 2.45) is 0 Å². The summed E-state index contributed by atoms with van der Waals surface area (Å²) in [5, 5.41) is 10.6. The quantitative estimate of drug-likeness (QED) is 0.803. The third kappa shape index (κ3) is 3.48. The minimum atomic E-state index is -0.305. The molecule has 1 amide bonds. The van der Waals surface area contributed by atoms with E-state index < -0.39 is 0 Å². The number of hydrogen-bond donors (Lipinski definition) is 1. The molecule has 6 heteroatoms. The van der Waals surface area contributed by atoms with Crippen molar-refractivity contribution in [3.05, 3.63) is 76.9 Å². The lowest BCUT2D eigenvalue weighted by Gasteiger charge is -2.04. The molecule has 0 unspecified atom stereocenters. The Hall–Kier alpha value is -3.02.